The highest BCUT2D eigenvalue weighted by Crippen LogP contribution is 2.40. The van der Waals surface area contributed by atoms with Crippen molar-refractivity contribution in [1.82, 2.24) is 5.32 Å². The number of hydrogen-bond donors (Lipinski definition) is 2. The predicted octanol–water partition coefficient (Wildman–Crippen LogP) is 3.52. The monoisotopic (exact) mass is 382 g/mol. The van der Waals surface area contributed by atoms with Crippen molar-refractivity contribution in [2.24, 2.45) is 5.92 Å². The summed E-state index contributed by atoms with van der Waals surface area (Å²) in [4.78, 5) is 13.8. The average molecular weight is 383 g/mol. The molecule has 1 saturated heterocycles. The lowest BCUT2D eigenvalue weighted by atomic mass is 9.88. The molecule has 1 aromatic heterocycles. The zero-order valence-electron chi connectivity index (χ0n) is 14.9. The molecule has 3 rings (SSSR count). The quantitative estimate of drug-likeness (QED) is 0.600. The lowest BCUT2D eigenvalue weighted by Gasteiger charge is -2.18. The van der Waals surface area contributed by atoms with E-state index in [0.717, 1.165) is 49.3 Å². The topological polar surface area (TPSA) is 59.6 Å². The van der Waals surface area contributed by atoms with Gasteiger partial charge in [0.2, 0.25) is 0 Å². The van der Waals surface area contributed by atoms with Gasteiger partial charge in [-0.05, 0) is 62.7 Å². The smallest absolute Gasteiger partial charge is 0.341 e. The summed E-state index contributed by atoms with van der Waals surface area (Å²) >= 11 is 7.06. The van der Waals surface area contributed by atoms with Crippen LogP contribution < -0.4 is 10.6 Å². The maximum atomic E-state index is 12.5. The van der Waals surface area contributed by atoms with Crippen LogP contribution in [0.15, 0.2) is 0 Å². The number of carbonyl (C=O) groups is 1. The summed E-state index contributed by atoms with van der Waals surface area (Å²) in [6.07, 6.45) is 5.45. The lowest BCUT2D eigenvalue weighted by molar-refractivity contribution is 0.0526. The number of anilines is 1. The summed E-state index contributed by atoms with van der Waals surface area (Å²) in [5.74, 6) is 0.401. The van der Waals surface area contributed by atoms with Crippen LogP contribution in [0.25, 0.3) is 0 Å². The first-order valence-electron chi connectivity index (χ1n) is 9.06. The zero-order valence-corrected chi connectivity index (χ0v) is 16.5. The molecule has 0 spiro atoms. The van der Waals surface area contributed by atoms with Crippen LogP contribution in [0.4, 0.5) is 5.00 Å². The molecule has 1 aliphatic heterocycles. The van der Waals surface area contributed by atoms with Gasteiger partial charge in [-0.25, -0.2) is 4.79 Å². The SMILES string of the molecule is CCOC(=O)c1c(NC(=S)NC[C@@H]2CCCO2)sc2c1CC[C@@H](C)C2. The van der Waals surface area contributed by atoms with Gasteiger partial charge in [-0.1, -0.05) is 6.92 Å². The second kappa shape index (κ2) is 8.47. The molecule has 25 heavy (non-hydrogen) atoms. The Morgan fingerprint density at radius 3 is 3.00 bits per heavy atom. The Morgan fingerprint density at radius 1 is 1.44 bits per heavy atom. The number of fused-ring (bicyclic) bond motifs is 1. The van der Waals surface area contributed by atoms with Crippen LogP contribution in [0.3, 0.4) is 0 Å². The minimum Gasteiger partial charge on any atom is -0.462 e. The van der Waals surface area contributed by atoms with Gasteiger partial charge in [-0.3, -0.25) is 0 Å². The van der Waals surface area contributed by atoms with Gasteiger partial charge in [0.25, 0.3) is 0 Å². The van der Waals surface area contributed by atoms with E-state index in [0.29, 0.717) is 29.7 Å². The van der Waals surface area contributed by atoms with Crippen molar-refractivity contribution < 1.29 is 14.3 Å². The number of nitrogens with one attached hydrogen (secondary N) is 2. The molecule has 0 unspecified atom stereocenters. The van der Waals surface area contributed by atoms with E-state index in [9.17, 15) is 4.79 Å². The minimum absolute atomic E-state index is 0.224. The Kier molecular flexibility index (Phi) is 6.30. The van der Waals surface area contributed by atoms with E-state index in [-0.39, 0.29) is 12.1 Å². The Hall–Kier alpha value is -1.18. The highest BCUT2D eigenvalue weighted by Gasteiger charge is 2.28. The van der Waals surface area contributed by atoms with Crippen molar-refractivity contribution in [3.8, 4) is 0 Å². The molecule has 0 radical (unpaired) electrons. The fourth-order valence-corrected chi connectivity index (χ4v) is 5.07. The van der Waals surface area contributed by atoms with E-state index in [1.165, 1.54) is 4.88 Å². The molecule has 1 aromatic rings. The molecule has 1 fully saturated rings. The summed E-state index contributed by atoms with van der Waals surface area (Å²) in [6.45, 7) is 5.99. The third-order valence-corrected chi connectivity index (χ3v) is 6.15. The number of esters is 1. The van der Waals surface area contributed by atoms with Gasteiger partial charge in [0.1, 0.15) is 5.00 Å². The first-order chi connectivity index (χ1) is 12.1. The van der Waals surface area contributed by atoms with Crippen LogP contribution >= 0.6 is 23.6 Å². The summed E-state index contributed by atoms with van der Waals surface area (Å²) in [6, 6.07) is 0. The molecule has 2 heterocycles. The van der Waals surface area contributed by atoms with E-state index in [2.05, 4.69) is 17.6 Å². The molecular weight excluding hydrogens is 356 g/mol. The van der Waals surface area contributed by atoms with Gasteiger partial charge in [0, 0.05) is 18.0 Å². The second-order valence-corrected chi connectivity index (χ2v) is 8.26. The van der Waals surface area contributed by atoms with E-state index in [1.807, 2.05) is 6.92 Å². The molecule has 0 saturated carbocycles. The molecule has 1 aliphatic carbocycles. The summed E-state index contributed by atoms with van der Waals surface area (Å²) in [5.41, 5.74) is 1.82. The van der Waals surface area contributed by atoms with E-state index in [4.69, 9.17) is 21.7 Å². The number of ether oxygens (including phenoxy) is 2. The normalized spacial score (nSPS) is 22.3. The van der Waals surface area contributed by atoms with Crippen molar-refractivity contribution in [1.29, 1.82) is 0 Å². The number of rotatable bonds is 5. The maximum Gasteiger partial charge on any atom is 0.341 e. The Morgan fingerprint density at radius 2 is 2.28 bits per heavy atom. The maximum absolute atomic E-state index is 12.5. The van der Waals surface area contributed by atoms with Crippen LogP contribution in [0.5, 0.6) is 0 Å². The standard InChI is InChI=1S/C18H26N2O3S2/c1-3-22-17(21)15-13-7-6-11(2)9-14(13)25-16(15)20-18(24)19-10-12-5-4-8-23-12/h11-12H,3-10H2,1-2H3,(H2,19,20,24)/t11-,12+/m1/s1. The molecule has 138 valence electrons. The number of thiophene rings is 1. The molecule has 2 N–H and O–H groups in total. The zero-order chi connectivity index (χ0) is 17.8. The number of carbonyl (C=O) groups excluding carboxylic acids is 1. The molecular formula is C18H26N2O3S2. The van der Waals surface area contributed by atoms with Crippen molar-refractivity contribution >= 4 is 39.6 Å². The van der Waals surface area contributed by atoms with Gasteiger partial charge < -0.3 is 20.1 Å². The van der Waals surface area contributed by atoms with E-state index < -0.39 is 0 Å². The molecule has 5 nitrogen and oxygen atoms in total. The Balaban J connectivity index is 1.72. The van der Waals surface area contributed by atoms with Crippen LogP contribution in [-0.2, 0) is 22.3 Å². The molecule has 7 heteroatoms. The highest BCUT2D eigenvalue weighted by atomic mass is 32.1. The largest absolute Gasteiger partial charge is 0.462 e. The number of hydrogen-bond acceptors (Lipinski definition) is 5. The fourth-order valence-electron chi connectivity index (χ4n) is 3.42. The summed E-state index contributed by atoms with van der Waals surface area (Å²) in [7, 11) is 0. The Bertz CT molecular complexity index is 639. The van der Waals surface area contributed by atoms with Crippen LogP contribution in [0.2, 0.25) is 0 Å². The Labute approximate surface area is 158 Å². The van der Waals surface area contributed by atoms with Gasteiger partial charge in [0.15, 0.2) is 5.11 Å². The third-order valence-electron chi connectivity index (χ3n) is 4.73. The minimum atomic E-state index is -0.251. The molecule has 0 bridgehead atoms. The molecule has 2 aliphatic rings. The summed E-state index contributed by atoms with van der Waals surface area (Å²) in [5, 5.41) is 7.78. The first kappa shape index (κ1) is 18.6. The molecule has 0 amide bonds. The third kappa shape index (κ3) is 4.51. The van der Waals surface area contributed by atoms with Crippen LogP contribution in [-0.4, -0.2) is 36.9 Å². The average Bonchev–Trinajstić information content (AvgIpc) is 3.19. The van der Waals surface area contributed by atoms with Crippen molar-refractivity contribution in [3.05, 3.63) is 16.0 Å². The van der Waals surface area contributed by atoms with Gasteiger partial charge in [-0.2, -0.15) is 0 Å². The highest BCUT2D eigenvalue weighted by molar-refractivity contribution is 7.80. The van der Waals surface area contributed by atoms with E-state index >= 15 is 0 Å². The lowest BCUT2D eigenvalue weighted by Crippen LogP contribution is -2.35. The second-order valence-electron chi connectivity index (χ2n) is 6.75. The van der Waals surface area contributed by atoms with Crippen molar-refractivity contribution in [2.45, 2.75) is 52.1 Å². The predicted molar refractivity (Wildman–Crippen MR) is 105 cm³/mol. The van der Waals surface area contributed by atoms with Crippen LogP contribution in [0.1, 0.15) is 53.9 Å². The van der Waals surface area contributed by atoms with Crippen molar-refractivity contribution in [2.75, 3.05) is 25.1 Å². The first-order valence-corrected chi connectivity index (χ1v) is 10.3. The van der Waals surface area contributed by atoms with Crippen molar-refractivity contribution in [3.63, 3.8) is 0 Å². The fraction of sp³-hybridized carbons (Fsp3) is 0.667. The van der Waals surface area contributed by atoms with Crippen LogP contribution in [0, 0.1) is 5.92 Å². The number of thiocarbonyl (C=S) groups is 1. The van der Waals surface area contributed by atoms with Gasteiger partial charge >= 0.3 is 5.97 Å². The van der Waals surface area contributed by atoms with E-state index in [1.54, 1.807) is 11.3 Å². The summed E-state index contributed by atoms with van der Waals surface area (Å²) < 4.78 is 10.9. The van der Waals surface area contributed by atoms with Gasteiger partial charge in [0.05, 0.1) is 18.3 Å². The molecule has 2 atom stereocenters. The molecule has 0 aromatic carbocycles. The van der Waals surface area contributed by atoms with Gasteiger partial charge in [-0.15, -0.1) is 11.3 Å².